The first-order chi connectivity index (χ1) is 14.9. The molecule has 0 aliphatic heterocycles. The van der Waals surface area contributed by atoms with Gasteiger partial charge in [-0.2, -0.15) is 0 Å². The second kappa shape index (κ2) is 9.68. The summed E-state index contributed by atoms with van der Waals surface area (Å²) in [5.74, 6) is -1.19. The standard InChI is InChI=1S/C25H26ClFO3S/c26-22-19(12-9-15-8-10-16-4-1-2-5-17(16)14-15)20(24(28)23(22)27)7-3-6-18-11-13-21(31-18)25(29)30/h1-2,4-5,8,10-11,13-14,19-20,22-24,28H,3,6-7,9,12H2,(H,29,30)/t19?,20-,22?,23?,24?/m1/s1. The lowest BCUT2D eigenvalue weighted by atomic mass is 9.85. The maximum absolute atomic E-state index is 14.5. The van der Waals surface area contributed by atoms with Crippen molar-refractivity contribution in [3.63, 3.8) is 0 Å². The molecule has 31 heavy (non-hydrogen) atoms. The average Bonchev–Trinajstić information content (AvgIpc) is 3.32. The first kappa shape index (κ1) is 22.3. The number of hydrogen-bond donors (Lipinski definition) is 2. The Morgan fingerprint density at radius 2 is 1.77 bits per heavy atom. The quantitative estimate of drug-likeness (QED) is 0.399. The number of fused-ring (bicyclic) bond motifs is 1. The number of benzene rings is 2. The van der Waals surface area contributed by atoms with Gasteiger partial charge in [0.2, 0.25) is 0 Å². The minimum absolute atomic E-state index is 0.0870. The van der Waals surface area contributed by atoms with Crippen molar-refractivity contribution in [3.05, 3.63) is 69.9 Å². The molecule has 1 fully saturated rings. The molecule has 1 heterocycles. The summed E-state index contributed by atoms with van der Waals surface area (Å²) in [4.78, 5) is 12.4. The molecule has 3 nitrogen and oxygen atoms in total. The third-order valence-electron chi connectivity index (χ3n) is 6.44. The molecule has 2 aromatic carbocycles. The number of aliphatic hydroxyl groups excluding tert-OH is 1. The molecule has 0 radical (unpaired) electrons. The summed E-state index contributed by atoms with van der Waals surface area (Å²) in [5.41, 5.74) is 1.19. The number of rotatable bonds is 8. The predicted molar refractivity (Wildman–Crippen MR) is 124 cm³/mol. The smallest absolute Gasteiger partial charge is 0.345 e. The molecule has 0 amide bonds. The molecular weight excluding hydrogens is 435 g/mol. The lowest BCUT2D eigenvalue weighted by Crippen LogP contribution is -2.24. The zero-order chi connectivity index (χ0) is 22.0. The van der Waals surface area contributed by atoms with Crippen LogP contribution < -0.4 is 0 Å². The molecule has 164 valence electrons. The summed E-state index contributed by atoms with van der Waals surface area (Å²) in [6, 6.07) is 18.0. The van der Waals surface area contributed by atoms with Crippen molar-refractivity contribution in [2.45, 2.75) is 49.8 Å². The minimum atomic E-state index is -1.41. The van der Waals surface area contributed by atoms with Crippen LogP contribution in [-0.4, -0.2) is 33.8 Å². The van der Waals surface area contributed by atoms with E-state index in [4.69, 9.17) is 16.7 Å². The Morgan fingerprint density at radius 1 is 1.00 bits per heavy atom. The average molecular weight is 461 g/mol. The highest BCUT2D eigenvalue weighted by Gasteiger charge is 2.48. The predicted octanol–water partition coefficient (Wildman–Crippen LogP) is 6.11. The molecule has 1 aliphatic rings. The number of carboxylic acids is 1. The fraction of sp³-hybridized carbons (Fsp3) is 0.400. The third-order valence-corrected chi connectivity index (χ3v) is 8.14. The normalized spacial score (nSPS) is 25.8. The monoisotopic (exact) mass is 460 g/mol. The van der Waals surface area contributed by atoms with Gasteiger partial charge in [0.05, 0.1) is 11.5 Å². The van der Waals surface area contributed by atoms with E-state index in [2.05, 4.69) is 30.3 Å². The Kier molecular flexibility index (Phi) is 6.95. The molecule has 3 aromatic rings. The molecule has 5 atom stereocenters. The van der Waals surface area contributed by atoms with Gasteiger partial charge < -0.3 is 10.2 Å². The van der Waals surface area contributed by atoms with Crippen molar-refractivity contribution in [1.82, 2.24) is 0 Å². The molecule has 0 saturated heterocycles. The Hall–Kier alpha value is -1.95. The molecule has 4 rings (SSSR count). The molecule has 0 spiro atoms. The van der Waals surface area contributed by atoms with Crippen LogP contribution in [0.15, 0.2) is 54.6 Å². The maximum atomic E-state index is 14.5. The van der Waals surface area contributed by atoms with Gasteiger partial charge >= 0.3 is 5.97 Å². The van der Waals surface area contributed by atoms with E-state index in [0.717, 1.165) is 30.6 Å². The second-order valence-corrected chi connectivity index (χ2v) is 10.1. The van der Waals surface area contributed by atoms with Gasteiger partial charge in [0.1, 0.15) is 11.0 Å². The van der Waals surface area contributed by atoms with Crippen molar-refractivity contribution in [2.24, 2.45) is 11.8 Å². The van der Waals surface area contributed by atoms with Crippen LogP contribution in [0, 0.1) is 11.8 Å². The van der Waals surface area contributed by atoms with Crippen LogP contribution in [0.25, 0.3) is 10.8 Å². The van der Waals surface area contributed by atoms with Crippen molar-refractivity contribution in [2.75, 3.05) is 0 Å². The highest BCUT2D eigenvalue weighted by Crippen LogP contribution is 2.43. The Labute approximate surface area is 190 Å². The summed E-state index contributed by atoms with van der Waals surface area (Å²) in [5, 5.41) is 21.2. The van der Waals surface area contributed by atoms with Gasteiger partial charge in [0.25, 0.3) is 0 Å². The number of aliphatic hydroxyl groups is 1. The zero-order valence-electron chi connectivity index (χ0n) is 17.1. The Bertz CT molecular complexity index is 1050. The van der Waals surface area contributed by atoms with E-state index in [-0.39, 0.29) is 11.8 Å². The molecule has 1 aromatic heterocycles. The van der Waals surface area contributed by atoms with Gasteiger partial charge in [-0.3, -0.25) is 0 Å². The van der Waals surface area contributed by atoms with E-state index in [9.17, 15) is 14.3 Å². The van der Waals surface area contributed by atoms with E-state index in [1.54, 1.807) is 6.07 Å². The Morgan fingerprint density at radius 3 is 2.52 bits per heavy atom. The number of thiophene rings is 1. The zero-order valence-corrected chi connectivity index (χ0v) is 18.7. The Balaban J connectivity index is 1.38. The lowest BCUT2D eigenvalue weighted by molar-refractivity contribution is 0.0596. The fourth-order valence-electron chi connectivity index (χ4n) is 4.78. The highest BCUT2D eigenvalue weighted by atomic mass is 35.5. The number of aromatic carboxylic acids is 1. The molecule has 0 bridgehead atoms. The van der Waals surface area contributed by atoms with E-state index in [1.165, 1.54) is 27.7 Å². The van der Waals surface area contributed by atoms with Crippen LogP contribution in [-0.2, 0) is 12.8 Å². The summed E-state index contributed by atoms with van der Waals surface area (Å²) in [6.45, 7) is 0. The number of aryl methyl sites for hydroxylation is 2. The van der Waals surface area contributed by atoms with Crippen LogP contribution in [0.1, 0.15) is 39.4 Å². The molecular formula is C25H26ClFO3S. The van der Waals surface area contributed by atoms with Gasteiger partial charge in [0.15, 0.2) is 0 Å². The van der Waals surface area contributed by atoms with Crippen LogP contribution in [0.3, 0.4) is 0 Å². The first-order valence-electron chi connectivity index (χ1n) is 10.7. The van der Waals surface area contributed by atoms with Crippen LogP contribution in [0.4, 0.5) is 4.39 Å². The summed E-state index contributed by atoms with van der Waals surface area (Å²) in [7, 11) is 0. The van der Waals surface area contributed by atoms with Crippen LogP contribution >= 0.6 is 22.9 Å². The van der Waals surface area contributed by atoms with Crippen molar-refractivity contribution in [3.8, 4) is 0 Å². The largest absolute Gasteiger partial charge is 0.477 e. The van der Waals surface area contributed by atoms with Gasteiger partial charge in [-0.05, 0) is 72.4 Å². The minimum Gasteiger partial charge on any atom is -0.477 e. The first-order valence-corrected chi connectivity index (χ1v) is 11.9. The third kappa shape index (κ3) is 4.94. The fourth-order valence-corrected chi connectivity index (χ4v) is 6.13. The number of hydrogen-bond acceptors (Lipinski definition) is 3. The molecule has 1 saturated carbocycles. The highest BCUT2D eigenvalue weighted by molar-refractivity contribution is 7.13. The van der Waals surface area contributed by atoms with Crippen molar-refractivity contribution < 1.29 is 19.4 Å². The van der Waals surface area contributed by atoms with Gasteiger partial charge in [-0.25, -0.2) is 9.18 Å². The second-order valence-electron chi connectivity index (χ2n) is 8.39. The number of alkyl halides is 2. The number of carboxylic acid groups (broad SMARTS) is 1. The van der Waals surface area contributed by atoms with Gasteiger partial charge in [-0.1, -0.05) is 42.5 Å². The molecule has 4 unspecified atom stereocenters. The summed E-state index contributed by atoms with van der Waals surface area (Å²) in [6.07, 6.45) is 1.24. The van der Waals surface area contributed by atoms with Crippen LogP contribution in [0.5, 0.6) is 0 Å². The number of halogens is 2. The topological polar surface area (TPSA) is 57.5 Å². The van der Waals surface area contributed by atoms with Crippen molar-refractivity contribution >= 4 is 39.7 Å². The SMILES string of the molecule is O=C(O)c1ccc(CCC[C@H]2C(O)C(F)C(Cl)C2CCc2ccc3ccccc3c2)s1. The van der Waals surface area contributed by atoms with E-state index in [0.29, 0.717) is 11.3 Å². The van der Waals surface area contributed by atoms with E-state index in [1.807, 2.05) is 18.2 Å². The van der Waals surface area contributed by atoms with Crippen LogP contribution in [0.2, 0.25) is 0 Å². The lowest BCUT2D eigenvalue weighted by Gasteiger charge is -2.23. The van der Waals surface area contributed by atoms with Crippen molar-refractivity contribution in [1.29, 1.82) is 0 Å². The summed E-state index contributed by atoms with van der Waals surface area (Å²) < 4.78 is 14.5. The number of carbonyl (C=O) groups is 1. The van der Waals surface area contributed by atoms with E-state index >= 15 is 0 Å². The molecule has 1 aliphatic carbocycles. The van der Waals surface area contributed by atoms with E-state index < -0.39 is 23.6 Å². The van der Waals surface area contributed by atoms with Gasteiger partial charge in [-0.15, -0.1) is 22.9 Å². The maximum Gasteiger partial charge on any atom is 0.345 e. The van der Waals surface area contributed by atoms with Gasteiger partial charge in [0, 0.05) is 4.88 Å². The summed E-state index contributed by atoms with van der Waals surface area (Å²) >= 11 is 7.69. The molecule has 6 heteroatoms. The molecule has 2 N–H and O–H groups in total.